The minimum absolute atomic E-state index is 0.254. The molecule has 136 valence electrons. The highest BCUT2D eigenvalue weighted by Gasteiger charge is 2.08. The summed E-state index contributed by atoms with van der Waals surface area (Å²) in [4.78, 5) is 12.3. The molecular formula is C22H20N2O2S. The summed E-state index contributed by atoms with van der Waals surface area (Å²) in [6.07, 6.45) is 0. The summed E-state index contributed by atoms with van der Waals surface area (Å²) >= 11 is 5.18. The highest BCUT2D eigenvalue weighted by molar-refractivity contribution is 7.80. The molecule has 0 saturated heterocycles. The van der Waals surface area contributed by atoms with E-state index in [9.17, 15) is 4.79 Å². The van der Waals surface area contributed by atoms with Gasteiger partial charge in [0, 0.05) is 12.1 Å². The summed E-state index contributed by atoms with van der Waals surface area (Å²) in [5.41, 5.74) is 2.70. The number of nitrogens with one attached hydrogen (secondary N) is 2. The van der Waals surface area contributed by atoms with E-state index in [1.165, 1.54) is 0 Å². The standard InChI is InChI=1S/C22H20N2O2S/c25-21(24-22(27)23-15-17-7-3-1-4-8-17)19-11-13-20(14-12-19)26-16-18-9-5-2-6-10-18/h1-14H,15-16H2,(H2,23,24,25,27). The van der Waals surface area contributed by atoms with Gasteiger partial charge in [0.05, 0.1) is 0 Å². The third-order valence-electron chi connectivity index (χ3n) is 3.89. The van der Waals surface area contributed by atoms with Gasteiger partial charge in [-0.25, -0.2) is 0 Å². The van der Waals surface area contributed by atoms with Crippen LogP contribution in [0.15, 0.2) is 84.9 Å². The molecule has 0 fully saturated rings. The Balaban J connectivity index is 1.47. The van der Waals surface area contributed by atoms with Gasteiger partial charge in [0.2, 0.25) is 0 Å². The SMILES string of the molecule is O=C(NC(=S)NCc1ccccc1)c1ccc(OCc2ccccc2)cc1. The number of amides is 1. The van der Waals surface area contributed by atoms with Crippen molar-refractivity contribution in [3.8, 4) is 5.75 Å². The van der Waals surface area contributed by atoms with E-state index in [1.54, 1.807) is 24.3 Å². The molecule has 0 spiro atoms. The Kier molecular flexibility index (Phi) is 6.55. The van der Waals surface area contributed by atoms with Crippen LogP contribution in [-0.2, 0) is 13.2 Å². The molecule has 0 aliphatic rings. The van der Waals surface area contributed by atoms with Crippen LogP contribution >= 0.6 is 12.2 Å². The third kappa shape index (κ3) is 5.94. The van der Waals surface area contributed by atoms with E-state index >= 15 is 0 Å². The molecule has 0 radical (unpaired) electrons. The summed E-state index contributed by atoms with van der Waals surface area (Å²) < 4.78 is 5.73. The van der Waals surface area contributed by atoms with Crippen molar-refractivity contribution in [3.05, 3.63) is 102 Å². The van der Waals surface area contributed by atoms with Crippen molar-refractivity contribution in [1.82, 2.24) is 10.6 Å². The fourth-order valence-electron chi connectivity index (χ4n) is 2.44. The smallest absolute Gasteiger partial charge is 0.257 e. The molecule has 3 rings (SSSR count). The molecule has 0 aromatic heterocycles. The van der Waals surface area contributed by atoms with Crippen molar-refractivity contribution >= 4 is 23.2 Å². The van der Waals surface area contributed by atoms with Crippen LogP contribution in [-0.4, -0.2) is 11.0 Å². The highest BCUT2D eigenvalue weighted by atomic mass is 32.1. The van der Waals surface area contributed by atoms with Gasteiger partial charge >= 0.3 is 0 Å². The van der Waals surface area contributed by atoms with Gasteiger partial charge in [-0.2, -0.15) is 0 Å². The zero-order valence-corrected chi connectivity index (χ0v) is 15.5. The highest BCUT2D eigenvalue weighted by Crippen LogP contribution is 2.14. The number of carbonyl (C=O) groups is 1. The molecule has 0 heterocycles. The molecule has 0 atom stereocenters. The first-order valence-electron chi connectivity index (χ1n) is 8.60. The largest absolute Gasteiger partial charge is 0.489 e. The lowest BCUT2D eigenvalue weighted by atomic mass is 10.2. The topological polar surface area (TPSA) is 50.4 Å². The Morgan fingerprint density at radius 1 is 0.815 bits per heavy atom. The fourth-order valence-corrected chi connectivity index (χ4v) is 2.61. The van der Waals surface area contributed by atoms with Crippen LogP contribution in [0, 0.1) is 0 Å². The number of carbonyl (C=O) groups excluding carboxylic acids is 1. The molecule has 0 unspecified atom stereocenters. The van der Waals surface area contributed by atoms with Crippen molar-refractivity contribution in [2.24, 2.45) is 0 Å². The van der Waals surface area contributed by atoms with E-state index in [-0.39, 0.29) is 5.91 Å². The van der Waals surface area contributed by atoms with Gasteiger partial charge in [0.25, 0.3) is 5.91 Å². The van der Waals surface area contributed by atoms with Crippen LogP contribution in [0.2, 0.25) is 0 Å². The second-order valence-corrected chi connectivity index (χ2v) is 6.33. The number of rotatable bonds is 6. The van der Waals surface area contributed by atoms with Crippen molar-refractivity contribution < 1.29 is 9.53 Å². The minimum atomic E-state index is -0.254. The van der Waals surface area contributed by atoms with E-state index in [1.807, 2.05) is 60.7 Å². The molecule has 0 aliphatic heterocycles. The van der Waals surface area contributed by atoms with Gasteiger partial charge in [-0.3, -0.25) is 10.1 Å². The Bertz CT molecular complexity index is 881. The molecule has 27 heavy (non-hydrogen) atoms. The molecule has 4 nitrogen and oxygen atoms in total. The van der Waals surface area contributed by atoms with Crippen LogP contribution < -0.4 is 15.4 Å². The summed E-state index contributed by atoms with van der Waals surface area (Å²) in [5, 5.41) is 6.01. The normalized spacial score (nSPS) is 10.1. The van der Waals surface area contributed by atoms with E-state index < -0.39 is 0 Å². The summed E-state index contributed by atoms with van der Waals surface area (Å²) in [7, 11) is 0. The number of hydrogen-bond acceptors (Lipinski definition) is 3. The van der Waals surface area contributed by atoms with Crippen LogP contribution in [0.5, 0.6) is 5.75 Å². The number of thiocarbonyl (C=S) groups is 1. The molecule has 5 heteroatoms. The molecule has 0 bridgehead atoms. The van der Waals surface area contributed by atoms with Gasteiger partial charge in [-0.05, 0) is 47.6 Å². The Morgan fingerprint density at radius 3 is 2.04 bits per heavy atom. The molecular weight excluding hydrogens is 356 g/mol. The predicted molar refractivity (Wildman–Crippen MR) is 111 cm³/mol. The van der Waals surface area contributed by atoms with Gasteiger partial charge in [0.15, 0.2) is 5.11 Å². The van der Waals surface area contributed by atoms with Crippen molar-refractivity contribution in [2.75, 3.05) is 0 Å². The van der Waals surface area contributed by atoms with Crippen LogP contribution in [0.4, 0.5) is 0 Å². The quantitative estimate of drug-likeness (QED) is 0.637. The van der Waals surface area contributed by atoms with Crippen molar-refractivity contribution in [2.45, 2.75) is 13.2 Å². The van der Waals surface area contributed by atoms with Crippen molar-refractivity contribution in [3.63, 3.8) is 0 Å². The van der Waals surface area contributed by atoms with E-state index in [2.05, 4.69) is 10.6 Å². The maximum atomic E-state index is 12.3. The Morgan fingerprint density at radius 2 is 1.41 bits per heavy atom. The second-order valence-electron chi connectivity index (χ2n) is 5.92. The zero-order chi connectivity index (χ0) is 18.9. The first-order valence-corrected chi connectivity index (χ1v) is 9.01. The van der Waals surface area contributed by atoms with E-state index in [4.69, 9.17) is 17.0 Å². The second kappa shape index (κ2) is 9.50. The molecule has 3 aromatic carbocycles. The summed E-state index contributed by atoms with van der Waals surface area (Å²) in [6, 6.07) is 26.8. The van der Waals surface area contributed by atoms with Gasteiger partial charge in [0.1, 0.15) is 12.4 Å². The average molecular weight is 376 g/mol. The van der Waals surface area contributed by atoms with Gasteiger partial charge in [-0.1, -0.05) is 60.7 Å². The van der Waals surface area contributed by atoms with Crippen LogP contribution in [0.25, 0.3) is 0 Å². The lowest BCUT2D eigenvalue weighted by Crippen LogP contribution is -2.38. The first-order chi connectivity index (χ1) is 13.2. The Labute approximate surface area is 164 Å². The maximum Gasteiger partial charge on any atom is 0.257 e. The third-order valence-corrected chi connectivity index (χ3v) is 4.13. The molecule has 1 amide bonds. The van der Waals surface area contributed by atoms with Gasteiger partial charge < -0.3 is 10.1 Å². The number of ether oxygens (including phenoxy) is 1. The van der Waals surface area contributed by atoms with E-state index in [0.717, 1.165) is 11.1 Å². The number of benzene rings is 3. The monoisotopic (exact) mass is 376 g/mol. The fraction of sp³-hybridized carbons (Fsp3) is 0.0909. The molecule has 0 saturated carbocycles. The minimum Gasteiger partial charge on any atom is -0.489 e. The van der Waals surface area contributed by atoms with E-state index in [0.29, 0.717) is 29.6 Å². The first kappa shape index (κ1) is 18.6. The number of hydrogen-bond donors (Lipinski definition) is 2. The summed E-state index contributed by atoms with van der Waals surface area (Å²) in [5.74, 6) is 0.454. The van der Waals surface area contributed by atoms with Gasteiger partial charge in [-0.15, -0.1) is 0 Å². The van der Waals surface area contributed by atoms with Crippen molar-refractivity contribution in [1.29, 1.82) is 0 Å². The molecule has 3 aromatic rings. The predicted octanol–water partition coefficient (Wildman–Crippen LogP) is 4.07. The zero-order valence-electron chi connectivity index (χ0n) is 14.7. The molecule has 2 N–H and O–H groups in total. The lowest BCUT2D eigenvalue weighted by Gasteiger charge is -2.10. The maximum absolute atomic E-state index is 12.3. The van der Waals surface area contributed by atoms with Crippen LogP contribution in [0.3, 0.4) is 0 Å². The Hall–Kier alpha value is -3.18. The lowest BCUT2D eigenvalue weighted by molar-refractivity contribution is 0.0976. The summed E-state index contributed by atoms with van der Waals surface area (Å²) in [6.45, 7) is 1.05. The van der Waals surface area contributed by atoms with Crippen LogP contribution in [0.1, 0.15) is 21.5 Å². The average Bonchev–Trinajstić information content (AvgIpc) is 2.72. The molecule has 0 aliphatic carbocycles.